The van der Waals surface area contributed by atoms with Gasteiger partial charge in [0, 0.05) is 47.0 Å². The van der Waals surface area contributed by atoms with E-state index < -0.39 is 28.1 Å². The molecule has 2 heterocycles. The number of pyridine rings is 1. The molecule has 0 bridgehead atoms. The van der Waals surface area contributed by atoms with Crippen LogP contribution in [0, 0.1) is 0 Å². The quantitative estimate of drug-likeness (QED) is 0.187. The van der Waals surface area contributed by atoms with E-state index in [0.717, 1.165) is 4.31 Å². The number of hydrogen-bond acceptors (Lipinski definition) is 7. The second-order valence-corrected chi connectivity index (χ2v) is 13.0. The van der Waals surface area contributed by atoms with Crippen molar-refractivity contribution in [2.75, 3.05) is 31.1 Å². The molecule has 10 nitrogen and oxygen atoms in total. The van der Waals surface area contributed by atoms with Crippen LogP contribution in [0.15, 0.2) is 71.9 Å². The summed E-state index contributed by atoms with van der Waals surface area (Å²) in [5, 5.41) is 3.71. The minimum Gasteiger partial charge on any atom is -0.459 e. The zero-order chi connectivity index (χ0) is 30.7. The largest absolute Gasteiger partial charge is 0.459 e. The van der Waals surface area contributed by atoms with Crippen molar-refractivity contribution in [1.82, 2.24) is 14.9 Å². The van der Waals surface area contributed by atoms with E-state index in [1.165, 1.54) is 24.4 Å². The number of fused-ring (bicyclic) bond motifs is 1. The number of anilines is 1. The molecular weight excluding hydrogens is 603 g/mol. The number of halogens is 2. The molecule has 13 heteroatoms. The number of nitrogens with zero attached hydrogens (tertiary/aromatic N) is 3. The maximum absolute atomic E-state index is 13.8. The summed E-state index contributed by atoms with van der Waals surface area (Å²) in [7, 11) is -2.74. The van der Waals surface area contributed by atoms with Crippen LogP contribution in [0.5, 0.6) is 0 Å². The predicted octanol–water partition coefficient (Wildman–Crippen LogP) is 5.25. The van der Waals surface area contributed by atoms with E-state index in [4.69, 9.17) is 32.7 Å². The fourth-order valence-electron chi connectivity index (χ4n) is 4.16. The molecule has 1 amide bonds. The van der Waals surface area contributed by atoms with E-state index in [2.05, 4.69) is 10.3 Å². The molecule has 4 rings (SSSR count). The van der Waals surface area contributed by atoms with Crippen molar-refractivity contribution in [1.29, 1.82) is 0 Å². The van der Waals surface area contributed by atoms with Gasteiger partial charge < -0.3 is 19.4 Å². The molecule has 42 heavy (non-hydrogen) atoms. The second-order valence-electron chi connectivity index (χ2n) is 10.3. The monoisotopic (exact) mass is 632 g/mol. The lowest BCUT2D eigenvalue weighted by Crippen LogP contribution is -2.39. The first-order valence-corrected chi connectivity index (χ1v) is 15.0. The minimum atomic E-state index is -4.30. The summed E-state index contributed by atoms with van der Waals surface area (Å²) in [6.07, 6.45) is 3.29. The topological polar surface area (TPSA) is 120 Å². The molecule has 0 aliphatic rings. The highest BCUT2D eigenvalue weighted by Crippen LogP contribution is 2.31. The van der Waals surface area contributed by atoms with Crippen LogP contribution in [-0.2, 0) is 24.3 Å². The zero-order valence-corrected chi connectivity index (χ0v) is 25.8. The third kappa shape index (κ3) is 7.40. The summed E-state index contributed by atoms with van der Waals surface area (Å²) in [5.74, 6) is -0.510. The van der Waals surface area contributed by atoms with Crippen LogP contribution < -0.4 is 9.62 Å². The fraction of sp³-hybridized carbons (Fsp3) is 0.276. The van der Waals surface area contributed by atoms with E-state index in [9.17, 15) is 18.0 Å². The number of hydrogen-bond donors (Lipinski definition) is 1. The van der Waals surface area contributed by atoms with Crippen molar-refractivity contribution in [2.24, 2.45) is 0 Å². The molecule has 0 spiro atoms. The standard InChI is InChI=1S/C29H30Cl2N4O6S/c1-29(2,3)41-27(36)18-35(42(38,39)24-16-21(30)15-22(31)17-24)23-5-6-25-19(13-23)8-11-34(25)26-14-20(7-9-32-26)28(37)33-10-12-40-4/h5-9,11,13-17H,10,12,18H2,1-4H3,(H,33,37). The average Bonchev–Trinajstić information content (AvgIpc) is 3.33. The zero-order valence-electron chi connectivity index (χ0n) is 23.4. The summed E-state index contributed by atoms with van der Waals surface area (Å²) < 4.78 is 40.8. The summed E-state index contributed by atoms with van der Waals surface area (Å²) >= 11 is 12.2. The molecule has 0 atom stereocenters. The van der Waals surface area contributed by atoms with Crippen LogP contribution >= 0.6 is 23.2 Å². The van der Waals surface area contributed by atoms with Crippen molar-refractivity contribution >= 4 is 61.7 Å². The highest BCUT2D eigenvalue weighted by Gasteiger charge is 2.30. The van der Waals surface area contributed by atoms with Gasteiger partial charge in [0.1, 0.15) is 18.0 Å². The number of rotatable bonds is 10. The normalized spacial score (nSPS) is 11.9. The summed E-state index contributed by atoms with van der Waals surface area (Å²) in [6, 6.07) is 13.9. The number of carbonyl (C=O) groups is 2. The van der Waals surface area contributed by atoms with Crippen LogP contribution in [0.2, 0.25) is 10.0 Å². The Morgan fingerprint density at radius 1 is 1.02 bits per heavy atom. The van der Waals surface area contributed by atoms with E-state index in [-0.39, 0.29) is 26.5 Å². The number of ether oxygens (including phenoxy) is 2. The van der Waals surface area contributed by atoms with E-state index in [1.54, 1.807) is 75.0 Å². The summed E-state index contributed by atoms with van der Waals surface area (Å²) in [4.78, 5) is 29.6. The molecule has 0 aliphatic carbocycles. The van der Waals surface area contributed by atoms with Gasteiger partial charge in [0.25, 0.3) is 15.9 Å². The number of aromatic nitrogens is 2. The Labute approximate surface area is 254 Å². The van der Waals surface area contributed by atoms with Gasteiger partial charge in [-0.3, -0.25) is 13.9 Å². The number of nitrogens with one attached hydrogen (secondary N) is 1. The molecule has 4 aromatic rings. The molecule has 2 aromatic carbocycles. The first kappa shape index (κ1) is 31.3. The highest BCUT2D eigenvalue weighted by molar-refractivity contribution is 7.92. The van der Waals surface area contributed by atoms with Crippen LogP contribution in [0.4, 0.5) is 5.69 Å². The lowest BCUT2D eigenvalue weighted by atomic mass is 10.2. The molecule has 0 aliphatic heterocycles. The smallest absolute Gasteiger partial charge is 0.327 e. The van der Waals surface area contributed by atoms with Gasteiger partial charge >= 0.3 is 5.97 Å². The number of benzene rings is 2. The van der Waals surface area contributed by atoms with Gasteiger partial charge in [0.05, 0.1) is 22.7 Å². The van der Waals surface area contributed by atoms with Crippen LogP contribution in [0.3, 0.4) is 0 Å². The Bertz CT molecular complexity index is 1710. The molecule has 1 N–H and O–H groups in total. The van der Waals surface area contributed by atoms with E-state index >= 15 is 0 Å². The Balaban J connectivity index is 1.73. The van der Waals surface area contributed by atoms with Crippen molar-refractivity contribution < 1.29 is 27.5 Å². The Morgan fingerprint density at radius 2 is 1.74 bits per heavy atom. The van der Waals surface area contributed by atoms with Crippen LogP contribution in [0.25, 0.3) is 16.7 Å². The molecule has 0 unspecified atom stereocenters. The fourth-order valence-corrected chi connectivity index (χ4v) is 6.28. The lowest BCUT2D eigenvalue weighted by Gasteiger charge is -2.26. The predicted molar refractivity (Wildman–Crippen MR) is 162 cm³/mol. The van der Waals surface area contributed by atoms with Crippen LogP contribution in [-0.4, -0.2) is 62.3 Å². The number of esters is 1. The molecule has 0 saturated heterocycles. The van der Waals surface area contributed by atoms with Crippen molar-refractivity contribution in [3.63, 3.8) is 0 Å². The minimum absolute atomic E-state index is 0.132. The van der Waals surface area contributed by atoms with Gasteiger partial charge in [-0.25, -0.2) is 13.4 Å². The highest BCUT2D eigenvalue weighted by atomic mass is 35.5. The first-order chi connectivity index (χ1) is 19.8. The van der Waals surface area contributed by atoms with Crippen molar-refractivity contribution in [2.45, 2.75) is 31.3 Å². The maximum atomic E-state index is 13.8. The van der Waals surface area contributed by atoms with Gasteiger partial charge in [0.2, 0.25) is 0 Å². The third-order valence-electron chi connectivity index (χ3n) is 5.92. The Hall–Kier alpha value is -3.64. The lowest BCUT2D eigenvalue weighted by molar-refractivity contribution is -0.152. The third-order valence-corrected chi connectivity index (χ3v) is 8.11. The van der Waals surface area contributed by atoms with Gasteiger partial charge in [-0.05, 0) is 75.4 Å². The second kappa shape index (κ2) is 12.7. The number of carbonyl (C=O) groups excluding carboxylic acids is 2. The first-order valence-electron chi connectivity index (χ1n) is 12.8. The molecule has 0 saturated carbocycles. The van der Waals surface area contributed by atoms with Crippen LogP contribution in [0.1, 0.15) is 31.1 Å². The van der Waals surface area contributed by atoms with Crippen molar-refractivity contribution in [3.8, 4) is 5.82 Å². The number of methoxy groups -OCH3 is 1. The SMILES string of the molecule is COCCNC(=O)c1ccnc(-n2ccc3cc(N(CC(=O)OC(C)(C)C)S(=O)(=O)c4cc(Cl)cc(Cl)c4)ccc32)c1. The van der Waals surface area contributed by atoms with Gasteiger partial charge in [-0.15, -0.1) is 0 Å². The Morgan fingerprint density at radius 3 is 2.40 bits per heavy atom. The van der Waals surface area contributed by atoms with E-state index in [1.807, 2.05) is 0 Å². The number of sulfonamides is 1. The summed E-state index contributed by atoms with van der Waals surface area (Å²) in [6.45, 7) is 5.26. The van der Waals surface area contributed by atoms with E-state index in [0.29, 0.717) is 35.4 Å². The number of amides is 1. The van der Waals surface area contributed by atoms with Gasteiger partial charge in [-0.1, -0.05) is 23.2 Å². The summed E-state index contributed by atoms with van der Waals surface area (Å²) in [5.41, 5.74) is 0.518. The van der Waals surface area contributed by atoms with Gasteiger partial charge in [0.15, 0.2) is 0 Å². The molecule has 2 aromatic heterocycles. The molecule has 222 valence electrons. The van der Waals surface area contributed by atoms with Gasteiger partial charge in [-0.2, -0.15) is 0 Å². The molecule has 0 radical (unpaired) electrons. The molecule has 0 fully saturated rings. The Kier molecular flexibility index (Phi) is 9.47. The average molecular weight is 634 g/mol. The maximum Gasteiger partial charge on any atom is 0.327 e. The molecular formula is C29H30Cl2N4O6S. The van der Waals surface area contributed by atoms with Crippen molar-refractivity contribution in [3.05, 3.63) is 82.6 Å².